The molecule has 1 rings (SSSR count). The zero-order chi connectivity index (χ0) is 14.6. The van der Waals surface area contributed by atoms with E-state index >= 15 is 0 Å². The number of hydrogen-bond donors (Lipinski definition) is 2. The van der Waals surface area contributed by atoms with Crippen LogP contribution in [0.1, 0.15) is 36.3 Å². The number of carbonyl (C=O) groups excluding carboxylic acids is 2. The van der Waals surface area contributed by atoms with Gasteiger partial charge in [0.2, 0.25) is 5.91 Å². The molecule has 19 heavy (non-hydrogen) atoms. The summed E-state index contributed by atoms with van der Waals surface area (Å²) in [4.78, 5) is 29.2. The van der Waals surface area contributed by atoms with Crippen molar-refractivity contribution in [1.29, 1.82) is 0 Å². The fourth-order valence-corrected chi connectivity index (χ4v) is 2.09. The molecule has 0 spiro atoms. The molecule has 6 nitrogen and oxygen atoms in total. The number of nitrogens with zero attached hydrogens (tertiary/aromatic N) is 2. The van der Waals surface area contributed by atoms with Crippen molar-refractivity contribution in [2.75, 3.05) is 13.6 Å². The molecule has 0 aromatic carbocycles. The van der Waals surface area contributed by atoms with Crippen LogP contribution in [0.15, 0.2) is 5.38 Å². The van der Waals surface area contributed by atoms with E-state index in [9.17, 15) is 9.59 Å². The first-order chi connectivity index (χ1) is 8.73. The normalized spacial score (nSPS) is 11.2. The molecule has 1 heterocycles. The molecule has 2 amide bonds. The molecule has 0 bridgehead atoms. The first-order valence-corrected chi connectivity index (χ1v) is 6.82. The van der Waals surface area contributed by atoms with Gasteiger partial charge in [-0.25, -0.2) is 4.98 Å². The van der Waals surface area contributed by atoms with Crippen molar-refractivity contribution in [3.8, 4) is 0 Å². The summed E-state index contributed by atoms with van der Waals surface area (Å²) in [7, 11) is 1.58. The molecule has 0 saturated heterocycles. The summed E-state index contributed by atoms with van der Waals surface area (Å²) in [5.41, 5.74) is 5.47. The van der Waals surface area contributed by atoms with E-state index in [-0.39, 0.29) is 23.9 Å². The maximum absolute atomic E-state index is 12.0. The Morgan fingerprint density at radius 2 is 2.11 bits per heavy atom. The maximum atomic E-state index is 12.0. The summed E-state index contributed by atoms with van der Waals surface area (Å²) < 4.78 is 0. The molecule has 0 radical (unpaired) electrons. The standard InChI is InChI=1S/C12H20N4O2S/c1-12(2,3)15-9(17)6-16(4)11(18)8-7-19-10(5-13)14-8/h7H,5-6,13H2,1-4H3,(H,15,17). The van der Waals surface area contributed by atoms with Crippen LogP contribution in [0.3, 0.4) is 0 Å². The summed E-state index contributed by atoms with van der Waals surface area (Å²) in [6.07, 6.45) is 0. The van der Waals surface area contributed by atoms with Crippen LogP contribution in [0.25, 0.3) is 0 Å². The second-order valence-corrected chi connectivity index (χ2v) is 6.23. The SMILES string of the molecule is CN(CC(=O)NC(C)(C)C)C(=O)c1csc(CN)n1. The molecule has 0 fully saturated rings. The summed E-state index contributed by atoms with van der Waals surface area (Å²) >= 11 is 1.34. The quantitative estimate of drug-likeness (QED) is 0.847. The van der Waals surface area contributed by atoms with Gasteiger partial charge in [-0.2, -0.15) is 0 Å². The Morgan fingerprint density at radius 1 is 1.47 bits per heavy atom. The minimum Gasteiger partial charge on any atom is -0.350 e. The molecule has 0 aliphatic rings. The van der Waals surface area contributed by atoms with E-state index in [1.54, 1.807) is 12.4 Å². The number of carbonyl (C=O) groups is 2. The summed E-state index contributed by atoms with van der Waals surface area (Å²) in [6.45, 7) is 5.99. The van der Waals surface area contributed by atoms with Crippen molar-refractivity contribution in [2.45, 2.75) is 32.9 Å². The van der Waals surface area contributed by atoms with Gasteiger partial charge in [-0.1, -0.05) is 0 Å². The molecule has 3 N–H and O–H groups in total. The lowest BCUT2D eigenvalue weighted by molar-refractivity contribution is -0.122. The molecule has 1 aromatic rings. The molecule has 0 atom stereocenters. The number of thiazole rings is 1. The first kappa shape index (κ1) is 15.6. The van der Waals surface area contributed by atoms with E-state index in [1.165, 1.54) is 16.2 Å². The number of rotatable bonds is 4. The highest BCUT2D eigenvalue weighted by Crippen LogP contribution is 2.10. The van der Waals surface area contributed by atoms with Crippen LogP contribution in [0.5, 0.6) is 0 Å². The third-order valence-corrected chi connectivity index (χ3v) is 3.06. The largest absolute Gasteiger partial charge is 0.350 e. The lowest BCUT2D eigenvalue weighted by Gasteiger charge is -2.23. The van der Waals surface area contributed by atoms with Gasteiger partial charge in [-0.3, -0.25) is 9.59 Å². The van der Waals surface area contributed by atoms with Crippen molar-refractivity contribution in [3.63, 3.8) is 0 Å². The molecule has 7 heteroatoms. The molecule has 0 aliphatic carbocycles. The summed E-state index contributed by atoms with van der Waals surface area (Å²) in [6, 6.07) is 0. The van der Waals surface area contributed by atoms with Crippen LogP contribution >= 0.6 is 11.3 Å². The number of amides is 2. The van der Waals surface area contributed by atoms with Crippen molar-refractivity contribution in [1.82, 2.24) is 15.2 Å². The van der Waals surface area contributed by atoms with Crippen molar-refractivity contribution < 1.29 is 9.59 Å². The first-order valence-electron chi connectivity index (χ1n) is 5.94. The Hall–Kier alpha value is -1.47. The van der Waals surface area contributed by atoms with E-state index < -0.39 is 0 Å². The molecule has 0 aliphatic heterocycles. The Bertz CT molecular complexity index is 465. The second-order valence-electron chi connectivity index (χ2n) is 5.29. The van der Waals surface area contributed by atoms with Gasteiger partial charge in [-0.15, -0.1) is 11.3 Å². The van der Waals surface area contributed by atoms with E-state index in [2.05, 4.69) is 10.3 Å². The minimum atomic E-state index is -0.311. The topological polar surface area (TPSA) is 88.3 Å². The summed E-state index contributed by atoms with van der Waals surface area (Å²) in [5, 5.41) is 5.16. The van der Waals surface area contributed by atoms with Gasteiger partial charge in [0.25, 0.3) is 5.91 Å². The Labute approximate surface area is 117 Å². The van der Waals surface area contributed by atoms with Crippen LogP contribution in [-0.4, -0.2) is 40.8 Å². The highest BCUT2D eigenvalue weighted by atomic mass is 32.1. The lowest BCUT2D eigenvalue weighted by Crippen LogP contribution is -2.46. The van der Waals surface area contributed by atoms with Gasteiger partial charge in [-0.05, 0) is 20.8 Å². The second kappa shape index (κ2) is 6.12. The van der Waals surface area contributed by atoms with Gasteiger partial charge in [0.1, 0.15) is 10.7 Å². The van der Waals surface area contributed by atoms with Gasteiger partial charge in [0, 0.05) is 24.5 Å². The highest BCUT2D eigenvalue weighted by molar-refractivity contribution is 7.09. The third-order valence-electron chi connectivity index (χ3n) is 2.19. The van der Waals surface area contributed by atoms with E-state index in [0.29, 0.717) is 17.2 Å². The van der Waals surface area contributed by atoms with Crippen LogP contribution < -0.4 is 11.1 Å². The molecule has 106 valence electrons. The van der Waals surface area contributed by atoms with Crippen LogP contribution in [-0.2, 0) is 11.3 Å². The predicted octanol–water partition coefficient (Wildman–Crippen LogP) is 0.588. The third kappa shape index (κ3) is 4.96. The van der Waals surface area contributed by atoms with Crippen LogP contribution in [0.2, 0.25) is 0 Å². The molecule has 0 saturated carbocycles. The average Bonchev–Trinajstić information content (AvgIpc) is 2.73. The van der Waals surface area contributed by atoms with E-state index in [0.717, 1.165) is 0 Å². The average molecular weight is 284 g/mol. The Balaban J connectivity index is 2.60. The number of nitrogens with two attached hydrogens (primary N) is 1. The monoisotopic (exact) mass is 284 g/mol. The number of hydrogen-bond acceptors (Lipinski definition) is 5. The number of aromatic nitrogens is 1. The van der Waals surface area contributed by atoms with Gasteiger partial charge in [0.05, 0.1) is 6.54 Å². The Kier molecular flexibility index (Phi) is 5.02. The minimum absolute atomic E-state index is 0.00554. The predicted molar refractivity (Wildman–Crippen MR) is 74.9 cm³/mol. The van der Waals surface area contributed by atoms with Gasteiger partial charge >= 0.3 is 0 Å². The van der Waals surface area contributed by atoms with Gasteiger partial charge in [0.15, 0.2) is 0 Å². The Morgan fingerprint density at radius 3 is 2.58 bits per heavy atom. The number of likely N-dealkylation sites (N-methyl/N-ethyl adjacent to an activating group) is 1. The van der Waals surface area contributed by atoms with Crippen molar-refractivity contribution in [2.24, 2.45) is 5.73 Å². The fraction of sp³-hybridized carbons (Fsp3) is 0.583. The summed E-state index contributed by atoms with van der Waals surface area (Å²) in [5.74, 6) is -0.474. The highest BCUT2D eigenvalue weighted by Gasteiger charge is 2.20. The molecular weight excluding hydrogens is 264 g/mol. The smallest absolute Gasteiger partial charge is 0.273 e. The van der Waals surface area contributed by atoms with Crippen LogP contribution in [0, 0.1) is 0 Å². The van der Waals surface area contributed by atoms with Crippen molar-refractivity contribution in [3.05, 3.63) is 16.1 Å². The zero-order valence-electron chi connectivity index (χ0n) is 11.7. The molecule has 1 aromatic heterocycles. The maximum Gasteiger partial charge on any atom is 0.273 e. The molecule has 0 unspecified atom stereocenters. The van der Waals surface area contributed by atoms with Crippen molar-refractivity contribution >= 4 is 23.2 Å². The van der Waals surface area contributed by atoms with Crippen LogP contribution in [0.4, 0.5) is 0 Å². The zero-order valence-corrected chi connectivity index (χ0v) is 12.5. The molecular formula is C12H20N4O2S. The van der Waals surface area contributed by atoms with E-state index in [4.69, 9.17) is 5.73 Å². The van der Waals surface area contributed by atoms with E-state index in [1.807, 2.05) is 20.8 Å². The number of nitrogens with one attached hydrogen (secondary N) is 1. The fourth-order valence-electron chi connectivity index (χ4n) is 1.44. The van der Waals surface area contributed by atoms with Gasteiger partial charge < -0.3 is 16.0 Å². The lowest BCUT2D eigenvalue weighted by atomic mass is 10.1.